The highest BCUT2D eigenvalue weighted by atomic mass is 16.6. The molecule has 0 atom stereocenters. The lowest BCUT2D eigenvalue weighted by molar-refractivity contribution is 0.0528. The van der Waals surface area contributed by atoms with Crippen LogP contribution in [0.4, 0.5) is 15.3 Å². The van der Waals surface area contributed by atoms with E-state index in [0.717, 1.165) is 0 Å². The zero-order valence-electron chi connectivity index (χ0n) is 12.9. The van der Waals surface area contributed by atoms with Crippen LogP contribution in [-0.4, -0.2) is 38.0 Å². The van der Waals surface area contributed by atoms with Crippen LogP contribution in [0.2, 0.25) is 0 Å². The summed E-state index contributed by atoms with van der Waals surface area (Å²) in [6.45, 7) is 5.92. The zero-order valence-corrected chi connectivity index (χ0v) is 12.9. The predicted octanol–water partition coefficient (Wildman–Crippen LogP) is 2.78. The van der Waals surface area contributed by atoms with Gasteiger partial charge in [-0.1, -0.05) is 18.2 Å². The molecule has 0 saturated heterocycles. The minimum atomic E-state index is -0.550. The lowest BCUT2D eigenvalue weighted by Crippen LogP contribution is -2.40. The van der Waals surface area contributed by atoms with Gasteiger partial charge in [-0.15, -0.1) is 0 Å². The fourth-order valence-electron chi connectivity index (χ4n) is 1.63. The van der Waals surface area contributed by atoms with Gasteiger partial charge in [0, 0.05) is 18.8 Å². The first-order chi connectivity index (χ1) is 9.83. The molecule has 1 N–H and O–H groups in total. The van der Waals surface area contributed by atoms with Crippen LogP contribution in [0.3, 0.4) is 0 Å². The Balaban J connectivity index is 2.56. The second-order valence-corrected chi connectivity index (χ2v) is 5.39. The van der Waals surface area contributed by atoms with Crippen LogP contribution < -0.4 is 10.2 Å². The van der Waals surface area contributed by atoms with Crippen LogP contribution in [0.25, 0.3) is 0 Å². The third kappa shape index (κ3) is 6.16. The van der Waals surface area contributed by atoms with E-state index in [0.29, 0.717) is 5.69 Å². The molecule has 1 aromatic rings. The van der Waals surface area contributed by atoms with Gasteiger partial charge in [-0.25, -0.2) is 9.59 Å². The highest BCUT2D eigenvalue weighted by molar-refractivity contribution is 5.87. The predicted molar refractivity (Wildman–Crippen MR) is 80.4 cm³/mol. The Kier molecular flexibility index (Phi) is 6.02. The van der Waals surface area contributed by atoms with Gasteiger partial charge in [0.15, 0.2) is 0 Å². The van der Waals surface area contributed by atoms with Crippen LogP contribution in [0.1, 0.15) is 20.8 Å². The molecular weight excluding hydrogens is 272 g/mol. The van der Waals surface area contributed by atoms with E-state index in [1.807, 2.05) is 18.2 Å². The van der Waals surface area contributed by atoms with Crippen molar-refractivity contribution in [2.75, 3.05) is 25.1 Å². The number of alkyl carbamates (subject to hydrolysis) is 1. The number of nitrogens with zero attached hydrogens (tertiary/aromatic N) is 1. The summed E-state index contributed by atoms with van der Waals surface area (Å²) in [6.07, 6.45) is -0.993. The van der Waals surface area contributed by atoms with E-state index in [9.17, 15) is 9.59 Å². The molecule has 0 aliphatic rings. The highest BCUT2D eigenvalue weighted by Crippen LogP contribution is 2.13. The van der Waals surface area contributed by atoms with Gasteiger partial charge in [-0.05, 0) is 32.9 Å². The normalized spacial score (nSPS) is 10.7. The number of para-hydroxylation sites is 1. The van der Waals surface area contributed by atoms with Crippen molar-refractivity contribution in [3.05, 3.63) is 30.3 Å². The number of anilines is 1. The average molecular weight is 294 g/mol. The van der Waals surface area contributed by atoms with Gasteiger partial charge in [-0.2, -0.15) is 0 Å². The van der Waals surface area contributed by atoms with Gasteiger partial charge in [0.1, 0.15) is 5.60 Å². The topological polar surface area (TPSA) is 67.9 Å². The van der Waals surface area contributed by atoms with Crippen molar-refractivity contribution in [3.63, 3.8) is 0 Å². The Labute approximate surface area is 125 Å². The molecule has 0 aromatic heterocycles. The van der Waals surface area contributed by atoms with Gasteiger partial charge < -0.3 is 14.8 Å². The molecule has 0 fully saturated rings. The summed E-state index contributed by atoms with van der Waals surface area (Å²) < 4.78 is 9.88. The van der Waals surface area contributed by atoms with Crippen LogP contribution in [0.15, 0.2) is 30.3 Å². The molecule has 0 unspecified atom stereocenters. The monoisotopic (exact) mass is 294 g/mol. The number of amides is 2. The van der Waals surface area contributed by atoms with E-state index in [1.54, 1.807) is 32.9 Å². The number of hydrogen-bond donors (Lipinski definition) is 1. The molecule has 0 aliphatic carbocycles. The summed E-state index contributed by atoms with van der Waals surface area (Å²) in [6, 6.07) is 9.10. The SMILES string of the molecule is COC(=O)N(CCNC(=O)OC(C)(C)C)c1ccccc1. The van der Waals surface area contributed by atoms with Crippen LogP contribution in [0, 0.1) is 0 Å². The minimum Gasteiger partial charge on any atom is -0.452 e. The lowest BCUT2D eigenvalue weighted by Gasteiger charge is -2.23. The largest absolute Gasteiger partial charge is 0.452 e. The third-order valence-corrected chi connectivity index (χ3v) is 2.47. The number of benzene rings is 1. The van der Waals surface area contributed by atoms with Gasteiger partial charge in [0.2, 0.25) is 0 Å². The molecule has 1 aromatic carbocycles. The molecule has 6 heteroatoms. The van der Waals surface area contributed by atoms with Crippen molar-refractivity contribution in [1.29, 1.82) is 0 Å². The molecular formula is C15H22N2O4. The van der Waals surface area contributed by atoms with Gasteiger partial charge in [0.25, 0.3) is 0 Å². The Hall–Kier alpha value is -2.24. The first kappa shape index (κ1) is 16.8. The van der Waals surface area contributed by atoms with Crippen LogP contribution in [0.5, 0.6) is 0 Å². The maximum Gasteiger partial charge on any atom is 0.414 e. The molecule has 0 heterocycles. The summed E-state index contributed by atoms with van der Waals surface area (Å²) in [5.41, 5.74) is 0.154. The Morgan fingerprint density at radius 1 is 1.19 bits per heavy atom. The average Bonchev–Trinajstić information content (AvgIpc) is 2.42. The number of rotatable bonds is 4. The molecule has 0 bridgehead atoms. The van der Waals surface area contributed by atoms with E-state index >= 15 is 0 Å². The number of ether oxygens (including phenoxy) is 2. The maximum absolute atomic E-state index is 11.8. The summed E-state index contributed by atoms with van der Waals surface area (Å²) >= 11 is 0. The van der Waals surface area contributed by atoms with Crippen molar-refractivity contribution < 1.29 is 19.1 Å². The molecule has 0 radical (unpaired) electrons. The number of carbonyl (C=O) groups is 2. The van der Waals surface area contributed by atoms with Gasteiger partial charge in [-0.3, -0.25) is 4.90 Å². The fourth-order valence-corrected chi connectivity index (χ4v) is 1.63. The van der Waals surface area contributed by atoms with E-state index in [-0.39, 0.29) is 13.1 Å². The van der Waals surface area contributed by atoms with Crippen LogP contribution >= 0.6 is 0 Å². The Morgan fingerprint density at radius 3 is 2.33 bits per heavy atom. The second kappa shape index (κ2) is 7.52. The number of methoxy groups -OCH3 is 1. The van der Waals surface area contributed by atoms with E-state index < -0.39 is 17.8 Å². The summed E-state index contributed by atoms with van der Waals surface area (Å²) in [5, 5.41) is 2.61. The Morgan fingerprint density at radius 2 is 1.81 bits per heavy atom. The van der Waals surface area contributed by atoms with Crippen molar-refractivity contribution in [3.8, 4) is 0 Å². The smallest absolute Gasteiger partial charge is 0.414 e. The first-order valence-electron chi connectivity index (χ1n) is 6.71. The molecule has 0 saturated carbocycles. The molecule has 21 heavy (non-hydrogen) atoms. The highest BCUT2D eigenvalue weighted by Gasteiger charge is 2.18. The van der Waals surface area contributed by atoms with E-state index in [4.69, 9.17) is 9.47 Å². The van der Waals surface area contributed by atoms with Crippen molar-refractivity contribution >= 4 is 17.9 Å². The molecule has 0 spiro atoms. The molecule has 1 rings (SSSR count). The second-order valence-electron chi connectivity index (χ2n) is 5.39. The Bertz CT molecular complexity index is 468. The molecule has 2 amide bonds. The maximum atomic E-state index is 11.8. The van der Waals surface area contributed by atoms with Crippen molar-refractivity contribution in [1.82, 2.24) is 5.32 Å². The number of carbonyl (C=O) groups excluding carboxylic acids is 2. The third-order valence-electron chi connectivity index (χ3n) is 2.47. The zero-order chi connectivity index (χ0) is 15.9. The van der Waals surface area contributed by atoms with E-state index in [1.165, 1.54) is 12.0 Å². The number of nitrogens with one attached hydrogen (secondary N) is 1. The molecule has 6 nitrogen and oxygen atoms in total. The van der Waals surface area contributed by atoms with Gasteiger partial charge >= 0.3 is 12.2 Å². The minimum absolute atomic E-state index is 0.263. The first-order valence-corrected chi connectivity index (χ1v) is 6.71. The summed E-state index contributed by atoms with van der Waals surface area (Å²) in [5.74, 6) is 0. The number of hydrogen-bond acceptors (Lipinski definition) is 4. The molecule has 116 valence electrons. The lowest BCUT2D eigenvalue weighted by atomic mass is 10.2. The van der Waals surface area contributed by atoms with Crippen molar-refractivity contribution in [2.45, 2.75) is 26.4 Å². The van der Waals surface area contributed by atoms with Gasteiger partial charge in [0.05, 0.1) is 7.11 Å². The van der Waals surface area contributed by atoms with Crippen molar-refractivity contribution in [2.24, 2.45) is 0 Å². The fraction of sp³-hybridized carbons (Fsp3) is 0.467. The molecule has 0 aliphatic heterocycles. The quantitative estimate of drug-likeness (QED) is 0.927. The summed E-state index contributed by atoms with van der Waals surface area (Å²) in [4.78, 5) is 24.8. The standard InChI is InChI=1S/C15H22N2O4/c1-15(2,3)21-13(18)16-10-11-17(14(19)20-4)12-8-6-5-7-9-12/h5-9H,10-11H2,1-4H3,(H,16,18). The van der Waals surface area contributed by atoms with Crippen LogP contribution in [-0.2, 0) is 9.47 Å². The van der Waals surface area contributed by atoms with E-state index in [2.05, 4.69) is 5.32 Å². The summed E-state index contributed by atoms with van der Waals surface area (Å²) in [7, 11) is 1.32.